The first-order valence-electron chi connectivity index (χ1n) is 10.2. The third-order valence-electron chi connectivity index (χ3n) is 5.16. The summed E-state index contributed by atoms with van der Waals surface area (Å²) in [5.74, 6) is -3.06. The minimum Gasteiger partial charge on any atom is -0.478 e. The summed E-state index contributed by atoms with van der Waals surface area (Å²) in [6.07, 6.45) is -2.17. The fourth-order valence-electron chi connectivity index (χ4n) is 3.51. The lowest BCUT2D eigenvalue weighted by atomic mass is 9.92. The molecule has 0 aliphatic carbocycles. The highest BCUT2D eigenvalue weighted by Crippen LogP contribution is 2.25. The van der Waals surface area contributed by atoms with E-state index in [1.807, 2.05) is 0 Å². The van der Waals surface area contributed by atoms with E-state index in [9.17, 15) is 29.7 Å². The number of amides is 2. The summed E-state index contributed by atoms with van der Waals surface area (Å²) in [5, 5.41) is 43.5. The molecule has 2 rings (SSSR count). The molecule has 13 nitrogen and oxygen atoms in total. The van der Waals surface area contributed by atoms with E-state index in [2.05, 4.69) is 15.6 Å². The van der Waals surface area contributed by atoms with Crippen LogP contribution in [0.1, 0.15) is 26.2 Å². The molecule has 6 atom stereocenters. The number of aliphatic carboxylic acids is 1. The molecule has 2 heterocycles. The van der Waals surface area contributed by atoms with Gasteiger partial charge in [0.2, 0.25) is 17.6 Å². The molecule has 0 aromatic carbocycles. The molecule has 0 radical (unpaired) electrons. The molecule has 180 valence electrons. The number of nitrogens with zero attached hydrogens (tertiary/aromatic N) is 1. The Morgan fingerprint density at radius 1 is 1.34 bits per heavy atom. The van der Waals surface area contributed by atoms with Crippen LogP contribution in [-0.4, -0.2) is 94.4 Å². The second-order valence-electron chi connectivity index (χ2n) is 7.71. The number of carbonyl (C=O) groups is 3. The SMILES string of the molecule is CC(=O)N[C@H]1[C@H]([C@H](O)[C@H](O)CO)OC(C(=O)O)=C[C@@H]1N=C(N)NC(=O)CCC1CCOC1. The zero-order chi connectivity index (χ0) is 23.8. The van der Waals surface area contributed by atoms with E-state index in [4.69, 9.17) is 20.3 Å². The van der Waals surface area contributed by atoms with E-state index < -0.39 is 60.5 Å². The summed E-state index contributed by atoms with van der Waals surface area (Å²) < 4.78 is 10.5. The summed E-state index contributed by atoms with van der Waals surface area (Å²) in [7, 11) is 0. The molecule has 0 aromatic heterocycles. The first kappa shape index (κ1) is 25.5. The highest BCUT2D eigenvalue weighted by Gasteiger charge is 2.43. The van der Waals surface area contributed by atoms with E-state index in [0.29, 0.717) is 25.6 Å². The van der Waals surface area contributed by atoms with Crippen molar-refractivity contribution in [2.75, 3.05) is 19.8 Å². The Morgan fingerprint density at radius 3 is 2.62 bits per heavy atom. The molecule has 13 heteroatoms. The maximum atomic E-state index is 12.2. The van der Waals surface area contributed by atoms with Crippen LogP contribution in [0.4, 0.5) is 0 Å². The predicted octanol–water partition coefficient (Wildman–Crippen LogP) is -2.81. The first-order chi connectivity index (χ1) is 15.1. The summed E-state index contributed by atoms with van der Waals surface area (Å²) in [6, 6.07) is -2.31. The molecule has 0 aromatic rings. The summed E-state index contributed by atoms with van der Waals surface area (Å²) in [5.41, 5.74) is 5.82. The third kappa shape index (κ3) is 7.15. The monoisotopic (exact) mass is 458 g/mol. The Hall–Kier alpha value is -2.74. The number of nitrogens with one attached hydrogen (secondary N) is 2. The van der Waals surface area contributed by atoms with Gasteiger partial charge in [0.15, 0.2) is 5.96 Å². The maximum Gasteiger partial charge on any atom is 0.370 e. The average Bonchev–Trinajstić information content (AvgIpc) is 3.25. The highest BCUT2D eigenvalue weighted by molar-refractivity contribution is 5.96. The molecule has 2 aliphatic rings. The number of hydrogen-bond donors (Lipinski definition) is 7. The normalized spacial score (nSPS) is 27.6. The molecule has 0 spiro atoms. The maximum absolute atomic E-state index is 12.2. The molecule has 1 saturated heterocycles. The number of nitrogens with two attached hydrogens (primary N) is 1. The van der Waals surface area contributed by atoms with E-state index in [1.54, 1.807) is 0 Å². The fraction of sp³-hybridized carbons (Fsp3) is 0.684. The highest BCUT2D eigenvalue weighted by atomic mass is 16.5. The number of ether oxygens (including phenoxy) is 2. The molecular formula is C19H30N4O9. The largest absolute Gasteiger partial charge is 0.478 e. The standard InChI is InChI=1S/C19H30N4O9/c1-9(25)21-15-11(6-13(18(29)30)32-17(15)16(28)12(26)7-24)22-19(20)23-14(27)3-2-10-4-5-31-8-10/h6,10-12,15-17,24,26,28H,2-5,7-8H2,1H3,(H,21,25)(H,29,30)(H3,20,22,23,27)/t10?,11-,12+,15+,16+,17+/m0/s1. The quantitative estimate of drug-likeness (QED) is 0.139. The second kappa shape index (κ2) is 11.8. The van der Waals surface area contributed by atoms with Gasteiger partial charge in [-0.1, -0.05) is 0 Å². The van der Waals surface area contributed by atoms with Gasteiger partial charge in [-0.05, 0) is 24.8 Å². The van der Waals surface area contributed by atoms with Gasteiger partial charge in [0, 0.05) is 26.6 Å². The Balaban J connectivity index is 2.20. The van der Waals surface area contributed by atoms with Crippen LogP contribution in [-0.2, 0) is 23.9 Å². The molecule has 0 saturated carbocycles. The number of aliphatic hydroxyl groups is 3. The number of aliphatic hydroxyl groups excluding tert-OH is 3. The third-order valence-corrected chi connectivity index (χ3v) is 5.16. The zero-order valence-electron chi connectivity index (χ0n) is 17.6. The predicted molar refractivity (Wildman–Crippen MR) is 109 cm³/mol. The van der Waals surface area contributed by atoms with Crippen molar-refractivity contribution in [3.05, 3.63) is 11.8 Å². The van der Waals surface area contributed by atoms with Gasteiger partial charge in [0.25, 0.3) is 0 Å². The molecule has 32 heavy (non-hydrogen) atoms. The van der Waals surface area contributed by atoms with Crippen LogP contribution in [0.15, 0.2) is 16.8 Å². The van der Waals surface area contributed by atoms with Crippen LogP contribution >= 0.6 is 0 Å². The molecular weight excluding hydrogens is 428 g/mol. The number of rotatable bonds is 9. The number of guanidine groups is 1. The van der Waals surface area contributed by atoms with Crippen molar-refractivity contribution < 1.29 is 44.3 Å². The molecule has 2 aliphatic heterocycles. The lowest BCUT2D eigenvalue weighted by Crippen LogP contribution is -2.60. The Bertz CT molecular complexity index is 751. The van der Waals surface area contributed by atoms with Crippen molar-refractivity contribution in [1.82, 2.24) is 10.6 Å². The molecule has 8 N–H and O–H groups in total. The lowest BCUT2D eigenvalue weighted by molar-refractivity contribution is -0.145. The summed E-state index contributed by atoms with van der Waals surface area (Å²) in [4.78, 5) is 39.4. The number of hydrogen-bond acceptors (Lipinski definition) is 9. The average molecular weight is 458 g/mol. The number of carbonyl (C=O) groups excluding carboxylic acids is 2. The van der Waals surface area contributed by atoms with Gasteiger partial charge >= 0.3 is 5.97 Å². The van der Waals surface area contributed by atoms with E-state index >= 15 is 0 Å². The van der Waals surface area contributed by atoms with Crippen molar-refractivity contribution in [3.63, 3.8) is 0 Å². The van der Waals surface area contributed by atoms with Gasteiger partial charge < -0.3 is 41.0 Å². The van der Waals surface area contributed by atoms with Crippen LogP contribution < -0.4 is 16.4 Å². The van der Waals surface area contributed by atoms with Crippen LogP contribution in [0.25, 0.3) is 0 Å². The fourth-order valence-corrected chi connectivity index (χ4v) is 3.51. The number of carboxylic acid groups (broad SMARTS) is 1. The number of carboxylic acids is 1. The van der Waals surface area contributed by atoms with Crippen molar-refractivity contribution >= 4 is 23.7 Å². The van der Waals surface area contributed by atoms with Gasteiger partial charge in [-0.3, -0.25) is 14.9 Å². The Kier molecular flexibility index (Phi) is 9.38. The topological polar surface area (TPSA) is 213 Å². The van der Waals surface area contributed by atoms with E-state index in [0.717, 1.165) is 12.5 Å². The van der Waals surface area contributed by atoms with Crippen molar-refractivity contribution in [3.8, 4) is 0 Å². The van der Waals surface area contributed by atoms with Crippen LogP contribution in [0.5, 0.6) is 0 Å². The zero-order valence-corrected chi connectivity index (χ0v) is 17.6. The van der Waals surface area contributed by atoms with Crippen molar-refractivity contribution in [2.45, 2.75) is 56.6 Å². The van der Waals surface area contributed by atoms with Crippen LogP contribution in [0, 0.1) is 5.92 Å². The second-order valence-corrected chi connectivity index (χ2v) is 7.71. The Morgan fingerprint density at radius 2 is 2.06 bits per heavy atom. The molecule has 2 amide bonds. The minimum atomic E-state index is -1.76. The first-order valence-corrected chi connectivity index (χ1v) is 10.2. The van der Waals surface area contributed by atoms with E-state index in [-0.39, 0.29) is 12.4 Å². The van der Waals surface area contributed by atoms with E-state index in [1.165, 1.54) is 6.92 Å². The van der Waals surface area contributed by atoms with Gasteiger partial charge in [0.1, 0.15) is 18.3 Å². The van der Waals surface area contributed by atoms with Crippen LogP contribution in [0.2, 0.25) is 0 Å². The smallest absolute Gasteiger partial charge is 0.370 e. The molecule has 1 fully saturated rings. The Labute approximate surface area is 184 Å². The van der Waals surface area contributed by atoms with Gasteiger partial charge in [0.05, 0.1) is 18.7 Å². The van der Waals surface area contributed by atoms with Gasteiger partial charge in [-0.2, -0.15) is 0 Å². The molecule has 1 unspecified atom stereocenters. The van der Waals surface area contributed by atoms with Crippen molar-refractivity contribution in [2.24, 2.45) is 16.6 Å². The number of aliphatic imine (C=N–C) groups is 1. The minimum absolute atomic E-state index is 0.188. The van der Waals surface area contributed by atoms with Gasteiger partial charge in [-0.15, -0.1) is 0 Å². The molecule has 0 bridgehead atoms. The van der Waals surface area contributed by atoms with Crippen molar-refractivity contribution in [1.29, 1.82) is 0 Å². The summed E-state index contributed by atoms with van der Waals surface area (Å²) >= 11 is 0. The summed E-state index contributed by atoms with van der Waals surface area (Å²) in [6.45, 7) is 1.61. The van der Waals surface area contributed by atoms with Gasteiger partial charge in [-0.25, -0.2) is 9.79 Å². The van der Waals surface area contributed by atoms with Crippen LogP contribution in [0.3, 0.4) is 0 Å². The lowest BCUT2D eigenvalue weighted by Gasteiger charge is -2.38.